The minimum Gasteiger partial charge on any atom is -0.375 e. The highest BCUT2D eigenvalue weighted by Gasteiger charge is 2.11. The number of benzene rings is 1. The number of rotatable bonds is 5. The lowest BCUT2D eigenvalue weighted by molar-refractivity contribution is 0.639. The summed E-state index contributed by atoms with van der Waals surface area (Å²) in [6.45, 7) is 0.739. The molecule has 0 amide bonds. The quantitative estimate of drug-likeness (QED) is 0.587. The second-order valence-electron chi connectivity index (χ2n) is 5.72. The van der Waals surface area contributed by atoms with Crippen molar-refractivity contribution >= 4 is 22.9 Å². The highest BCUT2D eigenvalue weighted by atomic mass is 35.5. The van der Waals surface area contributed by atoms with Gasteiger partial charge >= 0.3 is 0 Å². The maximum atomic E-state index is 12.5. The number of halogens is 1. The molecule has 3 heterocycles. The fourth-order valence-corrected chi connectivity index (χ4v) is 2.86. The number of anilines is 1. The smallest absolute Gasteiger partial charge is 0.287 e. The van der Waals surface area contributed by atoms with E-state index in [2.05, 4.69) is 20.6 Å². The topological polar surface area (TPSA) is 77.1 Å². The summed E-state index contributed by atoms with van der Waals surface area (Å²) in [4.78, 5) is 12.5. The van der Waals surface area contributed by atoms with Gasteiger partial charge in [0.1, 0.15) is 5.02 Å². The van der Waals surface area contributed by atoms with E-state index >= 15 is 0 Å². The van der Waals surface area contributed by atoms with Gasteiger partial charge in [-0.25, -0.2) is 4.68 Å². The van der Waals surface area contributed by atoms with Crippen LogP contribution in [0, 0.1) is 0 Å². The molecule has 0 aliphatic heterocycles. The van der Waals surface area contributed by atoms with Crippen LogP contribution >= 0.6 is 11.6 Å². The molecule has 1 aromatic carbocycles. The molecule has 3 aromatic heterocycles. The van der Waals surface area contributed by atoms with Crippen LogP contribution in [0.4, 0.5) is 5.69 Å². The van der Waals surface area contributed by atoms with Gasteiger partial charge in [-0.05, 0) is 17.7 Å². The van der Waals surface area contributed by atoms with Crippen molar-refractivity contribution in [2.24, 2.45) is 0 Å². The van der Waals surface area contributed by atoms with Crippen LogP contribution < -0.4 is 10.9 Å². The van der Waals surface area contributed by atoms with Crippen LogP contribution in [-0.4, -0.2) is 24.4 Å². The molecule has 0 radical (unpaired) electrons. The number of fused-ring (bicyclic) bond motifs is 1. The van der Waals surface area contributed by atoms with Gasteiger partial charge in [-0.15, -0.1) is 10.2 Å². The molecule has 0 spiro atoms. The third-order valence-electron chi connectivity index (χ3n) is 3.98. The van der Waals surface area contributed by atoms with Crippen LogP contribution in [0.3, 0.4) is 0 Å². The van der Waals surface area contributed by atoms with Gasteiger partial charge < -0.3 is 5.32 Å². The number of hydrogen-bond donors (Lipinski definition) is 1. The molecule has 4 aromatic rings. The molecule has 130 valence electrons. The lowest BCUT2D eigenvalue weighted by Crippen LogP contribution is -2.24. The minimum atomic E-state index is -0.341. The number of nitrogens with one attached hydrogen (secondary N) is 1. The number of pyridine rings is 1. The van der Waals surface area contributed by atoms with Crippen molar-refractivity contribution in [1.82, 2.24) is 24.4 Å². The number of aromatic nitrogens is 5. The maximum absolute atomic E-state index is 12.5. The van der Waals surface area contributed by atoms with Gasteiger partial charge in [0.2, 0.25) is 0 Å². The first-order valence-electron chi connectivity index (χ1n) is 8.04. The zero-order chi connectivity index (χ0) is 17.9. The van der Waals surface area contributed by atoms with Gasteiger partial charge in [-0.2, -0.15) is 5.10 Å². The van der Waals surface area contributed by atoms with Crippen molar-refractivity contribution in [3.05, 3.63) is 87.7 Å². The Morgan fingerprint density at radius 2 is 1.85 bits per heavy atom. The Morgan fingerprint density at radius 1 is 1.04 bits per heavy atom. The molecule has 0 unspecified atom stereocenters. The second-order valence-corrected chi connectivity index (χ2v) is 6.10. The monoisotopic (exact) mass is 366 g/mol. The predicted molar refractivity (Wildman–Crippen MR) is 99.4 cm³/mol. The first kappa shape index (κ1) is 16.3. The van der Waals surface area contributed by atoms with Crippen LogP contribution in [0.15, 0.2) is 65.7 Å². The standard InChI is InChI=1S/C18H15ClN6O/c19-17-14(20-11-16-23-22-15-8-4-5-9-24(15)16)10-21-25(18(17)26)12-13-6-2-1-3-7-13/h1-10,20H,11-12H2. The van der Waals surface area contributed by atoms with Crippen LogP contribution in [0.5, 0.6) is 0 Å². The molecule has 0 aliphatic carbocycles. The SMILES string of the molecule is O=c1c(Cl)c(NCc2nnc3ccccn23)cnn1Cc1ccccc1. The first-order valence-corrected chi connectivity index (χ1v) is 8.42. The van der Waals surface area contributed by atoms with Crippen LogP contribution in [0.1, 0.15) is 11.4 Å². The van der Waals surface area contributed by atoms with E-state index in [0.717, 1.165) is 11.2 Å². The molecular formula is C18H15ClN6O. The Balaban J connectivity index is 1.54. The van der Waals surface area contributed by atoms with E-state index in [1.165, 1.54) is 4.68 Å². The van der Waals surface area contributed by atoms with Gasteiger partial charge in [-0.3, -0.25) is 9.20 Å². The van der Waals surface area contributed by atoms with Crippen molar-refractivity contribution in [2.45, 2.75) is 13.1 Å². The molecule has 0 aliphatic rings. The molecule has 1 N–H and O–H groups in total. The Bertz CT molecular complexity index is 1110. The summed E-state index contributed by atoms with van der Waals surface area (Å²) >= 11 is 6.24. The fourth-order valence-electron chi connectivity index (χ4n) is 2.64. The van der Waals surface area contributed by atoms with Gasteiger partial charge in [0, 0.05) is 6.20 Å². The molecular weight excluding hydrogens is 352 g/mol. The molecule has 0 atom stereocenters. The average Bonchev–Trinajstić information content (AvgIpc) is 3.09. The van der Waals surface area contributed by atoms with E-state index in [4.69, 9.17) is 11.6 Å². The van der Waals surface area contributed by atoms with Crippen molar-refractivity contribution in [1.29, 1.82) is 0 Å². The second kappa shape index (κ2) is 6.97. The lowest BCUT2D eigenvalue weighted by Gasteiger charge is -2.10. The zero-order valence-electron chi connectivity index (χ0n) is 13.7. The van der Waals surface area contributed by atoms with Gasteiger partial charge in [0.15, 0.2) is 11.5 Å². The summed E-state index contributed by atoms with van der Waals surface area (Å²) in [7, 11) is 0. The summed E-state index contributed by atoms with van der Waals surface area (Å²) < 4.78 is 3.21. The minimum absolute atomic E-state index is 0.102. The molecule has 0 saturated heterocycles. The van der Waals surface area contributed by atoms with Gasteiger partial charge in [0.05, 0.1) is 25.0 Å². The molecule has 8 heteroatoms. The molecule has 0 saturated carbocycles. The van der Waals surface area contributed by atoms with E-state index in [1.807, 2.05) is 59.1 Å². The van der Waals surface area contributed by atoms with Crippen LogP contribution in [0.2, 0.25) is 5.02 Å². The predicted octanol–water partition coefficient (Wildman–Crippen LogP) is 2.60. The Hall–Kier alpha value is -3.19. The normalized spacial score (nSPS) is 11.0. The van der Waals surface area contributed by atoms with E-state index in [-0.39, 0.29) is 10.6 Å². The zero-order valence-corrected chi connectivity index (χ0v) is 14.5. The molecule has 7 nitrogen and oxygen atoms in total. The van der Waals surface area contributed by atoms with Crippen molar-refractivity contribution in [3.63, 3.8) is 0 Å². The van der Waals surface area contributed by atoms with Crippen molar-refractivity contribution in [2.75, 3.05) is 5.32 Å². The molecule has 26 heavy (non-hydrogen) atoms. The first-order chi connectivity index (χ1) is 12.7. The summed E-state index contributed by atoms with van der Waals surface area (Å²) in [5, 5.41) is 15.7. The summed E-state index contributed by atoms with van der Waals surface area (Å²) in [5.74, 6) is 0.713. The molecule has 0 bridgehead atoms. The third-order valence-corrected chi connectivity index (χ3v) is 4.35. The van der Waals surface area contributed by atoms with Crippen molar-refractivity contribution in [3.8, 4) is 0 Å². The van der Waals surface area contributed by atoms with E-state index < -0.39 is 0 Å². The highest BCUT2D eigenvalue weighted by molar-refractivity contribution is 6.32. The largest absolute Gasteiger partial charge is 0.375 e. The fraction of sp³-hybridized carbons (Fsp3) is 0.111. The summed E-state index contributed by atoms with van der Waals surface area (Å²) in [5.41, 5.74) is 1.86. The van der Waals surface area contributed by atoms with Crippen LogP contribution in [0.25, 0.3) is 5.65 Å². The summed E-state index contributed by atoms with van der Waals surface area (Å²) in [6, 6.07) is 15.3. The van der Waals surface area contributed by atoms with E-state index in [0.29, 0.717) is 24.6 Å². The highest BCUT2D eigenvalue weighted by Crippen LogP contribution is 2.16. The van der Waals surface area contributed by atoms with E-state index in [9.17, 15) is 4.79 Å². The molecule has 0 fully saturated rings. The third kappa shape index (κ3) is 3.16. The van der Waals surface area contributed by atoms with Gasteiger partial charge in [-0.1, -0.05) is 48.0 Å². The Morgan fingerprint density at radius 3 is 2.69 bits per heavy atom. The molecule has 4 rings (SSSR count). The lowest BCUT2D eigenvalue weighted by atomic mass is 10.2. The number of hydrogen-bond acceptors (Lipinski definition) is 5. The average molecular weight is 367 g/mol. The van der Waals surface area contributed by atoms with Crippen LogP contribution in [-0.2, 0) is 13.1 Å². The Kier molecular flexibility index (Phi) is 4.37. The van der Waals surface area contributed by atoms with E-state index in [1.54, 1.807) is 6.20 Å². The maximum Gasteiger partial charge on any atom is 0.287 e. The van der Waals surface area contributed by atoms with Crippen molar-refractivity contribution < 1.29 is 0 Å². The number of nitrogens with zero attached hydrogens (tertiary/aromatic N) is 5. The summed E-state index contributed by atoms with van der Waals surface area (Å²) in [6.07, 6.45) is 3.43. The van der Waals surface area contributed by atoms with Gasteiger partial charge in [0.25, 0.3) is 5.56 Å². The Labute approximate surface area is 153 Å².